The van der Waals surface area contributed by atoms with Crippen molar-refractivity contribution in [1.82, 2.24) is 5.32 Å². The van der Waals surface area contributed by atoms with Crippen LogP contribution in [0.3, 0.4) is 0 Å². The maximum Gasteiger partial charge on any atom is 0.319 e. The van der Waals surface area contributed by atoms with Gasteiger partial charge in [0.05, 0.1) is 6.10 Å². The number of carbonyl (C=O) groups excluding carboxylic acids is 1. The monoisotopic (exact) mass is 316 g/mol. The summed E-state index contributed by atoms with van der Waals surface area (Å²) in [5.41, 5.74) is 3.24. The summed E-state index contributed by atoms with van der Waals surface area (Å²) >= 11 is 0. The van der Waals surface area contributed by atoms with Crippen molar-refractivity contribution in [2.45, 2.75) is 26.4 Å². The third kappa shape index (κ3) is 4.53. The number of nitrogens with one attached hydrogen (secondary N) is 2. The summed E-state index contributed by atoms with van der Waals surface area (Å²) in [5.74, 6) is -0.418. The highest BCUT2D eigenvalue weighted by molar-refractivity contribution is 5.91. The van der Waals surface area contributed by atoms with Crippen LogP contribution >= 0.6 is 0 Å². The normalized spacial score (nSPS) is 11.8. The van der Waals surface area contributed by atoms with Gasteiger partial charge in [-0.15, -0.1) is 0 Å². The second-order valence-electron chi connectivity index (χ2n) is 5.37. The number of anilines is 1. The first kappa shape index (κ1) is 17.0. The van der Waals surface area contributed by atoms with Crippen molar-refractivity contribution in [2.75, 3.05) is 11.9 Å². The highest BCUT2D eigenvalue weighted by Crippen LogP contribution is 2.21. The summed E-state index contributed by atoms with van der Waals surface area (Å²) in [7, 11) is 0. The van der Waals surface area contributed by atoms with Crippen LogP contribution in [0.25, 0.3) is 0 Å². The SMILES string of the molecule is CCc1cccc(C)c1NC(=O)NC[C@@H](O)c1cccc(F)c1. The number of aryl methyl sites for hydroxylation is 2. The minimum Gasteiger partial charge on any atom is -0.387 e. The molecule has 2 rings (SSSR count). The second-order valence-corrected chi connectivity index (χ2v) is 5.37. The molecule has 0 aliphatic rings. The molecule has 0 spiro atoms. The third-order valence-corrected chi connectivity index (χ3v) is 3.67. The summed E-state index contributed by atoms with van der Waals surface area (Å²) in [6.45, 7) is 3.95. The van der Waals surface area contributed by atoms with Crippen molar-refractivity contribution >= 4 is 11.7 Å². The molecule has 0 aliphatic heterocycles. The fourth-order valence-electron chi connectivity index (χ4n) is 2.38. The summed E-state index contributed by atoms with van der Waals surface area (Å²) < 4.78 is 13.1. The van der Waals surface area contributed by atoms with Gasteiger partial charge in [0.1, 0.15) is 5.82 Å². The van der Waals surface area contributed by atoms with Crippen LogP contribution in [0.1, 0.15) is 29.7 Å². The van der Waals surface area contributed by atoms with Crippen molar-refractivity contribution in [2.24, 2.45) is 0 Å². The topological polar surface area (TPSA) is 61.4 Å². The van der Waals surface area contributed by atoms with Crippen molar-refractivity contribution in [1.29, 1.82) is 0 Å². The maximum absolute atomic E-state index is 13.1. The summed E-state index contributed by atoms with van der Waals surface area (Å²) in [6.07, 6.45) is -0.151. The minimum atomic E-state index is -0.959. The van der Waals surface area contributed by atoms with E-state index in [2.05, 4.69) is 10.6 Å². The summed E-state index contributed by atoms with van der Waals surface area (Å²) in [5, 5.41) is 15.4. The van der Waals surface area contributed by atoms with Crippen LogP contribution in [0, 0.1) is 12.7 Å². The van der Waals surface area contributed by atoms with Gasteiger partial charge in [-0.3, -0.25) is 0 Å². The van der Waals surface area contributed by atoms with E-state index in [-0.39, 0.29) is 6.54 Å². The number of hydrogen-bond acceptors (Lipinski definition) is 2. The van der Waals surface area contributed by atoms with Crippen molar-refractivity contribution in [3.8, 4) is 0 Å². The molecule has 1 atom stereocenters. The molecule has 2 aromatic rings. The Morgan fingerprint density at radius 1 is 1.26 bits per heavy atom. The van der Waals surface area contributed by atoms with Gasteiger partial charge in [0.2, 0.25) is 0 Å². The van der Waals surface area contributed by atoms with E-state index in [1.165, 1.54) is 18.2 Å². The Labute approximate surface area is 135 Å². The number of hydrogen-bond donors (Lipinski definition) is 3. The maximum atomic E-state index is 13.1. The average molecular weight is 316 g/mol. The van der Waals surface area contributed by atoms with Gasteiger partial charge in [-0.25, -0.2) is 9.18 Å². The van der Waals surface area contributed by atoms with Gasteiger partial charge in [-0.2, -0.15) is 0 Å². The molecule has 2 amide bonds. The Kier molecular flexibility index (Phi) is 5.71. The van der Waals surface area contributed by atoms with E-state index in [0.717, 1.165) is 23.2 Å². The largest absolute Gasteiger partial charge is 0.387 e. The highest BCUT2D eigenvalue weighted by atomic mass is 19.1. The standard InChI is InChI=1S/C18H21FN2O2/c1-3-13-7-4-6-12(2)17(13)21-18(23)20-11-16(22)14-8-5-9-15(19)10-14/h4-10,16,22H,3,11H2,1-2H3,(H2,20,21,23)/t16-/m1/s1. The van der Waals surface area contributed by atoms with E-state index in [1.807, 2.05) is 32.0 Å². The number of urea groups is 1. The molecule has 122 valence electrons. The first-order valence-corrected chi connectivity index (χ1v) is 7.58. The van der Waals surface area contributed by atoms with Crippen LogP contribution < -0.4 is 10.6 Å². The zero-order valence-corrected chi connectivity index (χ0v) is 13.3. The van der Waals surface area contributed by atoms with Gasteiger partial charge in [0.15, 0.2) is 0 Å². The predicted molar refractivity (Wildman–Crippen MR) is 88.9 cm³/mol. The number of para-hydroxylation sites is 1. The van der Waals surface area contributed by atoms with E-state index in [0.29, 0.717) is 5.56 Å². The van der Waals surface area contributed by atoms with Crippen LogP contribution in [0.4, 0.5) is 14.9 Å². The Bertz CT molecular complexity index is 688. The van der Waals surface area contributed by atoms with E-state index in [1.54, 1.807) is 6.07 Å². The molecule has 0 radical (unpaired) electrons. The lowest BCUT2D eigenvalue weighted by Gasteiger charge is -2.16. The Morgan fingerprint density at radius 2 is 2.00 bits per heavy atom. The number of benzene rings is 2. The van der Waals surface area contributed by atoms with Gasteiger partial charge in [0.25, 0.3) is 0 Å². The van der Waals surface area contributed by atoms with Gasteiger partial charge < -0.3 is 15.7 Å². The van der Waals surface area contributed by atoms with Crippen LogP contribution in [-0.4, -0.2) is 17.7 Å². The van der Waals surface area contributed by atoms with Crippen molar-refractivity contribution in [3.63, 3.8) is 0 Å². The molecule has 0 saturated carbocycles. The molecule has 2 aromatic carbocycles. The van der Waals surface area contributed by atoms with Crippen LogP contribution in [0.15, 0.2) is 42.5 Å². The summed E-state index contributed by atoms with van der Waals surface area (Å²) in [4.78, 5) is 12.0. The van der Waals surface area contributed by atoms with Crippen LogP contribution in [0.2, 0.25) is 0 Å². The average Bonchev–Trinajstić information content (AvgIpc) is 2.54. The first-order valence-electron chi connectivity index (χ1n) is 7.58. The fraction of sp³-hybridized carbons (Fsp3) is 0.278. The Morgan fingerprint density at radius 3 is 2.70 bits per heavy atom. The molecular weight excluding hydrogens is 295 g/mol. The molecule has 4 nitrogen and oxygen atoms in total. The van der Waals surface area contributed by atoms with Crippen LogP contribution in [0.5, 0.6) is 0 Å². The smallest absolute Gasteiger partial charge is 0.319 e. The van der Waals surface area contributed by atoms with Gasteiger partial charge in [0, 0.05) is 12.2 Å². The van der Waals surface area contributed by atoms with E-state index >= 15 is 0 Å². The van der Waals surface area contributed by atoms with Gasteiger partial charge in [-0.05, 0) is 42.2 Å². The van der Waals surface area contributed by atoms with Crippen molar-refractivity contribution < 1.29 is 14.3 Å². The molecule has 0 saturated heterocycles. The number of rotatable bonds is 5. The molecule has 0 aromatic heterocycles. The quantitative estimate of drug-likeness (QED) is 0.790. The first-order chi connectivity index (χ1) is 11.0. The predicted octanol–water partition coefficient (Wildman–Crippen LogP) is 3.55. The number of aliphatic hydroxyl groups is 1. The zero-order valence-electron chi connectivity index (χ0n) is 13.3. The van der Waals surface area contributed by atoms with E-state index in [9.17, 15) is 14.3 Å². The van der Waals surface area contributed by atoms with E-state index in [4.69, 9.17) is 0 Å². The Balaban J connectivity index is 1.96. The molecule has 0 bridgehead atoms. The third-order valence-electron chi connectivity index (χ3n) is 3.67. The van der Waals surface area contributed by atoms with Gasteiger partial charge in [-0.1, -0.05) is 37.3 Å². The minimum absolute atomic E-state index is 0.00261. The van der Waals surface area contributed by atoms with Crippen molar-refractivity contribution in [3.05, 3.63) is 65.0 Å². The van der Waals surface area contributed by atoms with Crippen LogP contribution in [-0.2, 0) is 6.42 Å². The van der Waals surface area contributed by atoms with E-state index < -0.39 is 18.0 Å². The molecule has 3 N–H and O–H groups in total. The molecule has 0 fully saturated rings. The lowest BCUT2D eigenvalue weighted by atomic mass is 10.1. The number of aliphatic hydroxyl groups excluding tert-OH is 1. The summed E-state index contributed by atoms with van der Waals surface area (Å²) in [6, 6.07) is 11.1. The lowest BCUT2D eigenvalue weighted by Crippen LogP contribution is -2.33. The second kappa shape index (κ2) is 7.74. The molecule has 0 aliphatic carbocycles. The number of halogens is 1. The zero-order chi connectivity index (χ0) is 16.8. The Hall–Kier alpha value is -2.40. The molecule has 5 heteroatoms. The molecule has 0 unspecified atom stereocenters. The number of carbonyl (C=O) groups is 1. The molecule has 23 heavy (non-hydrogen) atoms. The van der Waals surface area contributed by atoms with Gasteiger partial charge >= 0.3 is 6.03 Å². The highest BCUT2D eigenvalue weighted by Gasteiger charge is 2.12. The molecule has 0 heterocycles. The fourth-order valence-corrected chi connectivity index (χ4v) is 2.38. The number of amides is 2. The lowest BCUT2D eigenvalue weighted by molar-refractivity contribution is 0.174. The molecular formula is C18H21FN2O2.